The number of anilines is 1. The number of benzene rings is 3. The summed E-state index contributed by atoms with van der Waals surface area (Å²) in [5.41, 5.74) is 3.03. The molecule has 0 saturated carbocycles. The summed E-state index contributed by atoms with van der Waals surface area (Å²) in [6.45, 7) is 8.36. The lowest BCUT2D eigenvalue weighted by Gasteiger charge is -2.27. The minimum absolute atomic E-state index is 0.0189. The van der Waals surface area contributed by atoms with Crippen LogP contribution in [-0.4, -0.2) is 26.0 Å². The molecule has 1 atom stereocenters. The van der Waals surface area contributed by atoms with Crippen LogP contribution in [0.1, 0.15) is 49.4 Å². The first-order valence-corrected chi connectivity index (χ1v) is 13.0. The fourth-order valence-electron chi connectivity index (χ4n) is 4.20. The Morgan fingerprint density at radius 3 is 2.09 bits per heavy atom. The van der Waals surface area contributed by atoms with E-state index in [4.69, 9.17) is 4.74 Å². The molecule has 3 aromatic carbocycles. The van der Waals surface area contributed by atoms with Gasteiger partial charge in [-0.05, 0) is 67.3 Å². The second-order valence-electron chi connectivity index (χ2n) is 8.86. The predicted molar refractivity (Wildman–Crippen MR) is 136 cm³/mol. The molecule has 0 saturated heterocycles. The molecular weight excluding hydrogens is 462 g/mol. The molecule has 6 nitrogen and oxygen atoms in total. The highest BCUT2D eigenvalue weighted by Gasteiger charge is 2.47. The zero-order chi connectivity index (χ0) is 25.3. The molecule has 1 aliphatic rings. The molecule has 0 fully saturated rings. The first kappa shape index (κ1) is 24.5. The van der Waals surface area contributed by atoms with Crippen LogP contribution in [0.4, 0.5) is 5.69 Å². The van der Waals surface area contributed by atoms with Gasteiger partial charge < -0.3 is 9.84 Å². The number of aryl methyl sites for hydroxylation is 1. The van der Waals surface area contributed by atoms with Crippen molar-refractivity contribution in [3.8, 4) is 5.75 Å². The van der Waals surface area contributed by atoms with E-state index in [1.54, 1.807) is 48.5 Å². The second kappa shape index (κ2) is 9.58. The Bertz CT molecular complexity index is 1360. The zero-order valence-corrected chi connectivity index (χ0v) is 21.0. The highest BCUT2D eigenvalue weighted by Crippen LogP contribution is 2.45. The summed E-state index contributed by atoms with van der Waals surface area (Å²) in [7, 11) is -4.18. The molecule has 35 heavy (non-hydrogen) atoms. The summed E-state index contributed by atoms with van der Waals surface area (Å²) < 4.78 is 33.0. The van der Waals surface area contributed by atoms with Gasteiger partial charge in [0.1, 0.15) is 16.7 Å². The normalized spacial score (nSPS) is 16.3. The number of amides is 1. The van der Waals surface area contributed by atoms with Crippen LogP contribution in [-0.2, 0) is 14.6 Å². The molecule has 4 rings (SSSR count). The lowest BCUT2D eigenvalue weighted by Crippen LogP contribution is -2.31. The molecule has 0 spiro atoms. The molecular formula is C28H29NO5S. The smallest absolute Gasteiger partial charge is 0.295 e. The monoisotopic (exact) mass is 491 g/mol. The fourth-order valence-corrected chi connectivity index (χ4v) is 5.83. The molecule has 0 bridgehead atoms. The van der Waals surface area contributed by atoms with Crippen LogP contribution < -0.4 is 9.64 Å². The van der Waals surface area contributed by atoms with E-state index in [0.717, 1.165) is 11.1 Å². The quantitative estimate of drug-likeness (QED) is 0.448. The van der Waals surface area contributed by atoms with Crippen LogP contribution in [0.3, 0.4) is 0 Å². The van der Waals surface area contributed by atoms with Gasteiger partial charge >= 0.3 is 0 Å². The van der Waals surface area contributed by atoms with E-state index in [9.17, 15) is 18.3 Å². The van der Waals surface area contributed by atoms with Crippen molar-refractivity contribution < 1.29 is 23.1 Å². The molecule has 1 amide bonds. The van der Waals surface area contributed by atoms with Crippen molar-refractivity contribution in [3.63, 3.8) is 0 Å². The van der Waals surface area contributed by atoms with Gasteiger partial charge in [-0.25, -0.2) is 8.42 Å². The largest absolute Gasteiger partial charge is 0.502 e. The van der Waals surface area contributed by atoms with E-state index < -0.39 is 27.5 Å². The summed E-state index contributed by atoms with van der Waals surface area (Å²) in [6, 6.07) is 19.6. The average Bonchev–Trinajstić information content (AvgIpc) is 3.11. The minimum atomic E-state index is -4.18. The fraction of sp³-hybridized carbons (Fsp3) is 0.250. The zero-order valence-electron chi connectivity index (χ0n) is 20.2. The van der Waals surface area contributed by atoms with Gasteiger partial charge in [0, 0.05) is 5.69 Å². The Morgan fingerprint density at radius 1 is 0.943 bits per heavy atom. The maximum atomic E-state index is 13.8. The third-order valence-corrected chi connectivity index (χ3v) is 8.02. The molecule has 1 heterocycles. The molecule has 7 heteroatoms. The van der Waals surface area contributed by atoms with E-state index in [2.05, 4.69) is 13.8 Å². The molecule has 0 radical (unpaired) electrons. The molecule has 182 valence electrons. The van der Waals surface area contributed by atoms with Crippen molar-refractivity contribution in [1.29, 1.82) is 0 Å². The summed E-state index contributed by atoms with van der Waals surface area (Å²) in [4.78, 5) is 14.4. The van der Waals surface area contributed by atoms with Crippen molar-refractivity contribution in [2.45, 2.75) is 44.6 Å². The van der Waals surface area contributed by atoms with Crippen LogP contribution in [0.2, 0.25) is 0 Å². The lowest BCUT2D eigenvalue weighted by molar-refractivity contribution is -0.117. The van der Waals surface area contributed by atoms with Crippen LogP contribution in [0.15, 0.2) is 88.4 Å². The standard InChI is InChI=1S/C28H29NO5S/c1-5-34-23-14-10-21(11-15-23)25-27(35(32,33)24-16-6-19(4)7-17-24)26(30)28(31)29(25)22-12-8-20(9-13-22)18(2)3/h6-18,25,30H,5H2,1-4H3. The Morgan fingerprint density at radius 2 is 1.54 bits per heavy atom. The third kappa shape index (κ3) is 4.56. The number of hydrogen-bond acceptors (Lipinski definition) is 5. The van der Waals surface area contributed by atoms with Crippen molar-refractivity contribution in [3.05, 3.63) is 100 Å². The van der Waals surface area contributed by atoms with Gasteiger partial charge in [-0.15, -0.1) is 0 Å². The van der Waals surface area contributed by atoms with E-state index in [1.165, 1.54) is 17.0 Å². The Balaban J connectivity index is 1.88. The van der Waals surface area contributed by atoms with Gasteiger partial charge in [-0.3, -0.25) is 9.69 Å². The van der Waals surface area contributed by atoms with Crippen LogP contribution >= 0.6 is 0 Å². The highest BCUT2D eigenvalue weighted by molar-refractivity contribution is 7.95. The van der Waals surface area contributed by atoms with E-state index in [0.29, 0.717) is 29.5 Å². The number of sulfone groups is 1. The van der Waals surface area contributed by atoms with Crippen LogP contribution in [0.25, 0.3) is 0 Å². The Kier molecular flexibility index (Phi) is 6.72. The van der Waals surface area contributed by atoms with Gasteiger partial charge in [0.25, 0.3) is 5.91 Å². The molecule has 1 aliphatic heterocycles. The summed E-state index contributed by atoms with van der Waals surface area (Å²) >= 11 is 0. The maximum Gasteiger partial charge on any atom is 0.295 e. The molecule has 1 unspecified atom stereocenters. The van der Waals surface area contributed by atoms with Gasteiger partial charge in [0.2, 0.25) is 9.84 Å². The Labute approximate surface area is 206 Å². The predicted octanol–water partition coefficient (Wildman–Crippen LogP) is 5.85. The number of ether oxygens (including phenoxy) is 1. The summed E-state index contributed by atoms with van der Waals surface area (Å²) in [5, 5.41) is 10.9. The van der Waals surface area contributed by atoms with Crippen LogP contribution in [0.5, 0.6) is 5.75 Å². The van der Waals surface area contributed by atoms with E-state index in [-0.39, 0.29) is 9.80 Å². The average molecular weight is 492 g/mol. The minimum Gasteiger partial charge on any atom is -0.502 e. The number of carbonyl (C=O) groups excluding carboxylic acids is 1. The molecule has 3 aromatic rings. The number of carbonyl (C=O) groups is 1. The molecule has 0 aromatic heterocycles. The highest BCUT2D eigenvalue weighted by atomic mass is 32.2. The van der Waals surface area contributed by atoms with Crippen molar-refractivity contribution in [1.82, 2.24) is 0 Å². The number of hydrogen-bond donors (Lipinski definition) is 1. The van der Waals surface area contributed by atoms with Gasteiger partial charge in [0.05, 0.1) is 11.5 Å². The van der Waals surface area contributed by atoms with Crippen molar-refractivity contribution in [2.75, 3.05) is 11.5 Å². The number of nitrogens with zero attached hydrogens (tertiary/aromatic N) is 1. The Hall–Kier alpha value is -3.58. The molecule has 0 aliphatic carbocycles. The van der Waals surface area contributed by atoms with E-state index >= 15 is 0 Å². The first-order chi connectivity index (χ1) is 16.6. The third-order valence-electron chi connectivity index (χ3n) is 6.13. The number of aliphatic hydroxyl groups is 1. The lowest BCUT2D eigenvalue weighted by atomic mass is 10.0. The van der Waals surface area contributed by atoms with E-state index in [1.807, 2.05) is 26.0 Å². The van der Waals surface area contributed by atoms with Crippen molar-refractivity contribution >= 4 is 21.4 Å². The first-order valence-electron chi connectivity index (χ1n) is 11.6. The van der Waals surface area contributed by atoms with Crippen molar-refractivity contribution in [2.24, 2.45) is 0 Å². The summed E-state index contributed by atoms with van der Waals surface area (Å²) in [6.07, 6.45) is 0. The summed E-state index contributed by atoms with van der Waals surface area (Å²) in [5.74, 6) is -0.599. The topological polar surface area (TPSA) is 83.9 Å². The number of aliphatic hydroxyl groups excluding tert-OH is 1. The second-order valence-corrected chi connectivity index (χ2v) is 10.8. The van der Waals surface area contributed by atoms with Crippen LogP contribution in [0, 0.1) is 6.92 Å². The number of rotatable bonds is 7. The maximum absolute atomic E-state index is 13.8. The van der Waals surface area contributed by atoms with Gasteiger partial charge in [-0.2, -0.15) is 0 Å². The molecule has 1 N–H and O–H groups in total. The SMILES string of the molecule is CCOc1ccc(C2C(S(=O)(=O)c3ccc(C)cc3)=C(O)C(=O)N2c2ccc(C(C)C)cc2)cc1. The van der Waals surface area contributed by atoms with Gasteiger partial charge in [-0.1, -0.05) is 55.8 Å². The van der Waals surface area contributed by atoms with Gasteiger partial charge in [0.15, 0.2) is 5.76 Å².